The predicted octanol–water partition coefficient (Wildman–Crippen LogP) is 1.22. The summed E-state index contributed by atoms with van der Waals surface area (Å²) in [6, 6.07) is 0.322. The Hall–Kier alpha value is -0.120. The maximum Gasteiger partial charge on any atom is 0.0702 e. The van der Waals surface area contributed by atoms with Crippen LogP contribution in [0.25, 0.3) is 0 Å². The zero-order chi connectivity index (χ0) is 10.4. The second-order valence-corrected chi connectivity index (χ2v) is 4.29. The Balaban J connectivity index is 2.18. The summed E-state index contributed by atoms with van der Waals surface area (Å²) in [5, 5.41) is 0. The van der Waals surface area contributed by atoms with E-state index >= 15 is 0 Å². The average molecular weight is 200 g/mol. The lowest BCUT2D eigenvalue weighted by atomic mass is 10.1. The number of nitrogens with zero attached hydrogens (tertiary/aromatic N) is 1. The smallest absolute Gasteiger partial charge is 0.0702 e. The number of ether oxygens (including phenoxy) is 1. The lowest BCUT2D eigenvalue weighted by molar-refractivity contribution is 0.00541. The summed E-state index contributed by atoms with van der Waals surface area (Å²) in [6.45, 7) is 8.43. The first-order valence-electron chi connectivity index (χ1n) is 5.82. The van der Waals surface area contributed by atoms with Crippen LogP contribution in [0.3, 0.4) is 0 Å². The average Bonchev–Trinajstić information content (AvgIpc) is 2.16. The van der Waals surface area contributed by atoms with E-state index in [4.69, 9.17) is 10.5 Å². The van der Waals surface area contributed by atoms with Crippen molar-refractivity contribution in [2.75, 3.05) is 26.2 Å². The van der Waals surface area contributed by atoms with Crippen molar-refractivity contribution in [3.63, 3.8) is 0 Å². The quantitative estimate of drug-likeness (QED) is 0.725. The summed E-state index contributed by atoms with van der Waals surface area (Å²) >= 11 is 0. The largest absolute Gasteiger partial charge is 0.377 e. The number of hydrogen-bond donors (Lipinski definition) is 1. The molecule has 0 spiro atoms. The van der Waals surface area contributed by atoms with Crippen LogP contribution in [0, 0.1) is 0 Å². The van der Waals surface area contributed by atoms with Crippen LogP contribution >= 0.6 is 0 Å². The van der Waals surface area contributed by atoms with Crippen LogP contribution in [0.15, 0.2) is 0 Å². The molecule has 0 bridgehead atoms. The minimum atomic E-state index is 0.322. The van der Waals surface area contributed by atoms with Crippen molar-refractivity contribution in [1.29, 1.82) is 0 Å². The van der Waals surface area contributed by atoms with Gasteiger partial charge in [0.2, 0.25) is 0 Å². The summed E-state index contributed by atoms with van der Waals surface area (Å²) in [5.74, 6) is 0. The molecule has 2 N–H and O–H groups in total. The molecule has 0 saturated carbocycles. The van der Waals surface area contributed by atoms with Gasteiger partial charge < -0.3 is 15.4 Å². The normalized spacial score (nSPS) is 26.4. The van der Waals surface area contributed by atoms with Gasteiger partial charge in [-0.2, -0.15) is 0 Å². The molecule has 1 fully saturated rings. The standard InChI is InChI=1S/C11H24N2O/c1-3-14-11-5-4-7-13(9-11)8-6-10(2)12/h10-11H,3-9,12H2,1-2H3. The minimum absolute atomic E-state index is 0.322. The van der Waals surface area contributed by atoms with Gasteiger partial charge in [-0.1, -0.05) is 0 Å². The van der Waals surface area contributed by atoms with E-state index in [0.29, 0.717) is 12.1 Å². The van der Waals surface area contributed by atoms with Crippen LogP contribution in [-0.4, -0.2) is 43.3 Å². The maximum atomic E-state index is 5.74. The van der Waals surface area contributed by atoms with Crippen molar-refractivity contribution in [3.05, 3.63) is 0 Å². The SMILES string of the molecule is CCOC1CCCN(CCC(C)N)C1. The van der Waals surface area contributed by atoms with Crippen molar-refractivity contribution < 1.29 is 4.74 Å². The third kappa shape index (κ3) is 4.40. The molecule has 14 heavy (non-hydrogen) atoms. The lowest BCUT2D eigenvalue weighted by Crippen LogP contribution is -2.41. The summed E-state index contributed by atoms with van der Waals surface area (Å²) < 4.78 is 5.65. The molecule has 1 saturated heterocycles. The molecular formula is C11H24N2O. The number of hydrogen-bond acceptors (Lipinski definition) is 3. The molecule has 1 aliphatic heterocycles. The monoisotopic (exact) mass is 200 g/mol. The topological polar surface area (TPSA) is 38.5 Å². The van der Waals surface area contributed by atoms with Gasteiger partial charge in [0.25, 0.3) is 0 Å². The zero-order valence-electron chi connectivity index (χ0n) is 9.54. The second-order valence-electron chi connectivity index (χ2n) is 4.29. The summed E-state index contributed by atoms with van der Waals surface area (Å²) in [6.07, 6.45) is 4.05. The van der Waals surface area contributed by atoms with Crippen LogP contribution in [0.4, 0.5) is 0 Å². The van der Waals surface area contributed by atoms with Crippen LogP contribution < -0.4 is 5.73 Å². The number of nitrogens with two attached hydrogens (primary N) is 1. The van der Waals surface area contributed by atoms with E-state index in [1.165, 1.54) is 19.4 Å². The Kier molecular flexibility index (Phi) is 5.45. The molecule has 0 aromatic rings. The Labute approximate surface area is 87.6 Å². The van der Waals surface area contributed by atoms with Crippen LogP contribution in [-0.2, 0) is 4.74 Å². The van der Waals surface area contributed by atoms with E-state index in [1.54, 1.807) is 0 Å². The van der Waals surface area contributed by atoms with Crippen molar-refractivity contribution >= 4 is 0 Å². The second kappa shape index (κ2) is 6.38. The van der Waals surface area contributed by atoms with Gasteiger partial charge in [0.05, 0.1) is 6.10 Å². The van der Waals surface area contributed by atoms with Gasteiger partial charge in [0.15, 0.2) is 0 Å². The fourth-order valence-corrected chi connectivity index (χ4v) is 1.97. The number of piperidine rings is 1. The molecule has 0 radical (unpaired) electrons. The fraction of sp³-hybridized carbons (Fsp3) is 1.00. The van der Waals surface area contributed by atoms with Crippen molar-refractivity contribution in [3.8, 4) is 0 Å². The van der Waals surface area contributed by atoms with E-state index < -0.39 is 0 Å². The van der Waals surface area contributed by atoms with Gasteiger partial charge in [-0.05, 0) is 46.2 Å². The van der Waals surface area contributed by atoms with E-state index in [1.807, 2.05) is 0 Å². The van der Waals surface area contributed by atoms with Crippen LogP contribution in [0.5, 0.6) is 0 Å². The molecule has 3 heteroatoms. The Morgan fingerprint density at radius 3 is 3.00 bits per heavy atom. The molecule has 3 nitrogen and oxygen atoms in total. The van der Waals surface area contributed by atoms with Gasteiger partial charge in [-0.15, -0.1) is 0 Å². The number of likely N-dealkylation sites (tertiary alicyclic amines) is 1. The first-order valence-corrected chi connectivity index (χ1v) is 5.82. The van der Waals surface area contributed by atoms with Crippen molar-refractivity contribution in [1.82, 2.24) is 4.90 Å². The first kappa shape index (κ1) is 12.0. The van der Waals surface area contributed by atoms with Gasteiger partial charge in [-0.25, -0.2) is 0 Å². The highest BCUT2D eigenvalue weighted by Gasteiger charge is 2.19. The molecule has 1 aliphatic rings. The van der Waals surface area contributed by atoms with E-state index in [2.05, 4.69) is 18.7 Å². The number of rotatable bonds is 5. The molecule has 84 valence electrons. The molecule has 0 aromatic heterocycles. The molecule has 2 unspecified atom stereocenters. The summed E-state index contributed by atoms with van der Waals surface area (Å²) in [7, 11) is 0. The minimum Gasteiger partial charge on any atom is -0.377 e. The van der Waals surface area contributed by atoms with E-state index in [-0.39, 0.29) is 0 Å². The Bertz CT molecular complexity index is 148. The molecule has 0 aliphatic carbocycles. The molecule has 0 amide bonds. The molecule has 0 aromatic carbocycles. The molecule has 1 rings (SSSR count). The molecular weight excluding hydrogens is 176 g/mol. The van der Waals surface area contributed by atoms with Gasteiger partial charge in [0, 0.05) is 19.2 Å². The van der Waals surface area contributed by atoms with Crippen molar-refractivity contribution in [2.45, 2.75) is 45.3 Å². The summed E-state index contributed by atoms with van der Waals surface area (Å²) in [4.78, 5) is 2.48. The highest BCUT2D eigenvalue weighted by atomic mass is 16.5. The molecule has 1 heterocycles. The first-order chi connectivity index (χ1) is 6.72. The fourth-order valence-electron chi connectivity index (χ4n) is 1.97. The van der Waals surface area contributed by atoms with Gasteiger partial charge in [0.1, 0.15) is 0 Å². The third-order valence-electron chi connectivity index (χ3n) is 2.77. The van der Waals surface area contributed by atoms with E-state index in [9.17, 15) is 0 Å². The van der Waals surface area contributed by atoms with E-state index in [0.717, 1.165) is 26.1 Å². The van der Waals surface area contributed by atoms with Crippen molar-refractivity contribution in [2.24, 2.45) is 5.73 Å². The Morgan fingerprint density at radius 1 is 1.57 bits per heavy atom. The highest BCUT2D eigenvalue weighted by molar-refractivity contribution is 4.74. The lowest BCUT2D eigenvalue weighted by Gasteiger charge is -2.32. The van der Waals surface area contributed by atoms with Crippen LogP contribution in [0.2, 0.25) is 0 Å². The van der Waals surface area contributed by atoms with Crippen LogP contribution in [0.1, 0.15) is 33.1 Å². The third-order valence-corrected chi connectivity index (χ3v) is 2.77. The summed E-state index contributed by atoms with van der Waals surface area (Å²) in [5.41, 5.74) is 5.74. The maximum absolute atomic E-state index is 5.74. The van der Waals surface area contributed by atoms with Gasteiger partial charge >= 0.3 is 0 Å². The predicted molar refractivity (Wildman–Crippen MR) is 59.4 cm³/mol. The highest BCUT2D eigenvalue weighted by Crippen LogP contribution is 2.13. The van der Waals surface area contributed by atoms with Gasteiger partial charge in [-0.3, -0.25) is 0 Å². The zero-order valence-corrected chi connectivity index (χ0v) is 9.54. The Morgan fingerprint density at radius 2 is 2.36 bits per heavy atom. The molecule has 2 atom stereocenters.